The molecular formula is C29H36N4O3S. The Labute approximate surface area is 219 Å². The van der Waals surface area contributed by atoms with Gasteiger partial charge in [0.2, 0.25) is 15.9 Å². The van der Waals surface area contributed by atoms with E-state index in [1.54, 1.807) is 24.4 Å². The number of aromatic nitrogens is 1. The molecule has 2 fully saturated rings. The fraction of sp³-hybridized carbons (Fsp3) is 0.448. The van der Waals surface area contributed by atoms with Crippen LogP contribution in [0.3, 0.4) is 0 Å². The number of carbonyl (C=O) groups is 1. The molecule has 2 aliphatic heterocycles. The molecule has 3 heterocycles. The maximum Gasteiger partial charge on any atom is 0.245 e. The number of likely N-dealkylation sites (tertiary alicyclic amines) is 1. The molecular weight excluding hydrogens is 484 g/mol. The molecule has 0 bridgehead atoms. The number of pyridine rings is 1. The van der Waals surface area contributed by atoms with E-state index < -0.39 is 10.0 Å². The topological polar surface area (TPSA) is 82.6 Å². The molecule has 0 radical (unpaired) electrons. The lowest BCUT2D eigenvalue weighted by Gasteiger charge is -2.33. The summed E-state index contributed by atoms with van der Waals surface area (Å²) < 4.78 is 28.2. The standard InChI is InChI=1S/C29H36N4O3S/c34-29(31-16-21-32-17-11-24(12-18-32)22-23-6-2-1-3-7-23)26-13-19-33(20-14-26)37(35,36)27-10-4-8-25-9-5-15-30-28(25)27/h1-10,15,24,26H,11-14,16-22H2,(H,31,34). The van der Waals surface area contributed by atoms with Gasteiger partial charge in [0.25, 0.3) is 0 Å². The SMILES string of the molecule is O=C(NCCN1CCC(Cc2ccccc2)CC1)C1CCN(S(=O)(=O)c2cccc3cccnc23)CC1. The summed E-state index contributed by atoms with van der Waals surface area (Å²) >= 11 is 0. The highest BCUT2D eigenvalue weighted by molar-refractivity contribution is 7.89. The normalized spacial score (nSPS) is 18.7. The number of amides is 1. The lowest BCUT2D eigenvalue weighted by Crippen LogP contribution is -2.45. The van der Waals surface area contributed by atoms with Gasteiger partial charge in [-0.1, -0.05) is 48.5 Å². The Morgan fingerprint density at radius 2 is 1.62 bits per heavy atom. The summed E-state index contributed by atoms with van der Waals surface area (Å²) in [6.45, 7) is 4.35. The highest BCUT2D eigenvalue weighted by Crippen LogP contribution is 2.28. The summed E-state index contributed by atoms with van der Waals surface area (Å²) in [7, 11) is -3.66. The van der Waals surface area contributed by atoms with Crippen LogP contribution in [0.4, 0.5) is 0 Å². The Morgan fingerprint density at radius 1 is 0.892 bits per heavy atom. The molecule has 0 atom stereocenters. The van der Waals surface area contributed by atoms with Gasteiger partial charge >= 0.3 is 0 Å². The number of rotatable bonds is 8. The Morgan fingerprint density at radius 3 is 2.38 bits per heavy atom. The van der Waals surface area contributed by atoms with Crippen LogP contribution in [-0.4, -0.2) is 67.8 Å². The van der Waals surface area contributed by atoms with E-state index in [4.69, 9.17) is 0 Å². The van der Waals surface area contributed by atoms with Crippen molar-refractivity contribution in [1.82, 2.24) is 19.5 Å². The minimum atomic E-state index is -3.66. The lowest BCUT2D eigenvalue weighted by atomic mass is 9.90. The number of fused-ring (bicyclic) bond motifs is 1. The van der Waals surface area contributed by atoms with Crippen LogP contribution in [-0.2, 0) is 21.2 Å². The molecule has 7 nitrogen and oxygen atoms in total. The third-order valence-electron chi connectivity index (χ3n) is 7.84. The van der Waals surface area contributed by atoms with Crippen LogP contribution in [0.25, 0.3) is 10.9 Å². The first-order chi connectivity index (χ1) is 18.0. The van der Waals surface area contributed by atoms with Crippen molar-refractivity contribution < 1.29 is 13.2 Å². The molecule has 196 valence electrons. The average Bonchev–Trinajstić information content (AvgIpc) is 2.94. The number of nitrogens with zero attached hydrogens (tertiary/aromatic N) is 3. The molecule has 3 aromatic rings. The lowest BCUT2D eigenvalue weighted by molar-refractivity contribution is -0.126. The average molecular weight is 521 g/mol. The fourth-order valence-electron chi connectivity index (χ4n) is 5.62. The summed E-state index contributed by atoms with van der Waals surface area (Å²) in [6.07, 6.45) is 6.23. The van der Waals surface area contributed by atoms with Crippen LogP contribution in [0.5, 0.6) is 0 Å². The van der Waals surface area contributed by atoms with Crippen LogP contribution in [0.15, 0.2) is 71.8 Å². The molecule has 2 saturated heterocycles. The van der Waals surface area contributed by atoms with Crippen LogP contribution in [0, 0.1) is 11.8 Å². The van der Waals surface area contributed by atoms with Crippen molar-refractivity contribution in [2.75, 3.05) is 39.3 Å². The Bertz CT molecular complexity index is 1290. The molecule has 1 amide bonds. The zero-order valence-corrected chi connectivity index (χ0v) is 22.1. The summed E-state index contributed by atoms with van der Waals surface area (Å²) in [5.41, 5.74) is 1.91. The van der Waals surface area contributed by atoms with Gasteiger partial charge < -0.3 is 10.2 Å². The van der Waals surface area contributed by atoms with E-state index in [2.05, 4.69) is 45.5 Å². The first kappa shape index (κ1) is 25.8. The first-order valence-corrected chi connectivity index (χ1v) is 14.8. The predicted octanol–water partition coefficient (Wildman–Crippen LogP) is 3.71. The first-order valence-electron chi connectivity index (χ1n) is 13.4. The second-order valence-corrected chi connectivity index (χ2v) is 12.2. The number of benzene rings is 2. The number of hydrogen-bond acceptors (Lipinski definition) is 5. The molecule has 0 unspecified atom stereocenters. The Balaban J connectivity index is 1.05. The second-order valence-electron chi connectivity index (χ2n) is 10.3. The van der Waals surface area contributed by atoms with Gasteiger partial charge in [-0.3, -0.25) is 9.78 Å². The number of para-hydroxylation sites is 1. The molecule has 2 aromatic carbocycles. The van der Waals surface area contributed by atoms with Crippen LogP contribution in [0.1, 0.15) is 31.2 Å². The van der Waals surface area contributed by atoms with E-state index in [1.807, 2.05) is 12.1 Å². The highest BCUT2D eigenvalue weighted by Gasteiger charge is 2.33. The van der Waals surface area contributed by atoms with E-state index in [0.717, 1.165) is 37.4 Å². The van der Waals surface area contributed by atoms with Gasteiger partial charge in [0.15, 0.2) is 0 Å². The van der Waals surface area contributed by atoms with Crippen molar-refractivity contribution in [2.45, 2.75) is 37.0 Å². The molecule has 8 heteroatoms. The highest BCUT2D eigenvalue weighted by atomic mass is 32.2. The van der Waals surface area contributed by atoms with E-state index in [9.17, 15) is 13.2 Å². The summed E-state index contributed by atoms with van der Waals surface area (Å²) in [4.78, 5) is 19.8. The van der Waals surface area contributed by atoms with Crippen molar-refractivity contribution in [3.05, 3.63) is 72.4 Å². The van der Waals surface area contributed by atoms with Crippen LogP contribution < -0.4 is 5.32 Å². The molecule has 1 N–H and O–H groups in total. The van der Waals surface area contributed by atoms with E-state index in [0.29, 0.717) is 38.0 Å². The van der Waals surface area contributed by atoms with E-state index in [1.165, 1.54) is 22.7 Å². The summed E-state index contributed by atoms with van der Waals surface area (Å²) in [6, 6.07) is 19.6. The number of hydrogen-bond donors (Lipinski definition) is 1. The van der Waals surface area contributed by atoms with Gasteiger partial charge in [-0.25, -0.2) is 8.42 Å². The zero-order valence-electron chi connectivity index (χ0n) is 21.3. The van der Waals surface area contributed by atoms with Crippen molar-refractivity contribution in [3.63, 3.8) is 0 Å². The maximum atomic E-state index is 13.3. The predicted molar refractivity (Wildman–Crippen MR) is 146 cm³/mol. The molecule has 5 rings (SSSR count). The van der Waals surface area contributed by atoms with Gasteiger partial charge in [0.1, 0.15) is 4.90 Å². The minimum absolute atomic E-state index is 0.0443. The smallest absolute Gasteiger partial charge is 0.245 e. The Kier molecular flexibility index (Phi) is 8.17. The third-order valence-corrected chi connectivity index (χ3v) is 9.77. The summed E-state index contributed by atoms with van der Waals surface area (Å²) in [5, 5.41) is 3.91. The number of sulfonamides is 1. The molecule has 0 aliphatic carbocycles. The van der Waals surface area contributed by atoms with Gasteiger partial charge in [0, 0.05) is 43.7 Å². The van der Waals surface area contributed by atoms with E-state index in [-0.39, 0.29) is 16.7 Å². The number of carbonyl (C=O) groups excluding carboxylic acids is 1. The van der Waals surface area contributed by atoms with Crippen molar-refractivity contribution in [2.24, 2.45) is 11.8 Å². The number of piperidine rings is 2. The molecule has 2 aliphatic rings. The van der Waals surface area contributed by atoms with Crippen molar-refractivity contribution >= 4 is 26.8 Å². The van der Waals surface area contributed by atoms with E-state index >= 15 is 0 Å². The van der Waals surface area contributed by atoms with Gasteiger partial charge in [0.05, 0.1) is 5.52 Å². The Hall–Kier alpha value is -2.81. The van der Waals surface area contributed by atoms with Gasteiger partial charge in [-0.2, -0.15) is 4.31 Å². The third kappa shape index (κ3) is 6.20. The van der Waals surface area contributed by atoms with Crippen LogP contribution >= 0.6 is 0 Å². The maximum absolute atomic E-state index is 13.3. The number of nitrogens with one attached hydrogen (secondary N) is 1. The molecule has 0 saturated carbocycles. The molecule has 37 heavy (non-hydrogen) atoms. The molecule has 0 spiro atoms. The molecule has 1 aromatic heterocycles. The quantitative estimate of drug-likeness (QED) is 0.490. The van der Waals surface area contributed by atoms with Gasteiger partial charge in [-0.15, -0.1) is 0 Å². The minimum Gasteiger partial charge on any atom is -0.355 e. The zero-order chi connectivity index (χ0) is 25.7. The van der Waals surface area contributed by atoms with Gasteiger partial charge in [-0.05, 0) is 68.8 Å². The second kappa shape index (κ2) is 11.7. The fourth-order valence-corrected chi connectivity index (χ4v) is 7.26. The largest absolute Gasteiger partial charge is 0.355 e. The van der Waals surface area contributed by atoms with Crippen LogP contribution in [0.2, 0.25) is 0 Å². The van der Waals surface area contributed by atoms with Crippen molar-refractivity contribution in [3.8, 4) is 0 Å². The van der Waals surface area contributed by atoms with Crippen molar-refractivity contribution in [1.29, 1.82) is 0 Å². The summed E-state index contributed by atoms with van der Waals surface area (Å²) in [5.74, 6) is 0.635. The monoisotopic (exact) mass is 520 g/mol.